The van der Waals surface area contributed by atoms with Crippen molar-refractivity contribution in [3.63, 3.8) is 0 Å². The molecule has 0 aliphatic heterocycles. The summed E-state index contributed by atoms with van der Waals surface area (Å²) < 4.78 is 29.8. The Labute approximate surface area is 108 Å². The van der Waals surface area contributed by atoms with Crippen LogP contribution in [0.15, 0.2) is 22.3 Å². The van der Waals surface area contributed by atoms with Gasteiger partial charge in [-0.15, -0.1) is 0 Å². The number of alkyl halides is 2. The molecule has 0 bridgehead atoms. The van der Waals surface area contributed by atoms with Crippen molar-refractivity contribution >= 4 is 0 Å². The number of halogens is 2. The normalized spacial score (nSPS) is 33.5. The van der Waals surface area contributed by atoms with Gasteiger partial charge in [-0.05, 0) is 51.0 Å². The van der Waals surface area contributed by atoms with Crippen molar-refractivity contribution < 1.29 is 8.78 Å². The van der Waals surface area contributed by atoms with Crippen LogP contribution < -0.4 is 0 Å². The maximum atomic E-state index is 14.9. The van der Waals surface area contributed by atoms with Gasteiger partial charge in [0.1, 0.15) is 0 Å². The Hall–Kier alpha value is -0.660. The summed E-state index contributed by atoms with van der Waals surface area (Å²) in [5, 5.41) is 0. The first-order valence-electron chi connectivity index (χ1n) is 7.17. The van der Waals surface area contributed by atoms with E-state index in [1.807, 2.05) is 6.92 Å². The average Bonchev–Trinajstić information content (AvgIpc) is 2.82. The first-order valence-corrected chi connectivity index (χ1v) is 7.17. The number of fused-ring (bicyclic) bond motifs is 1. The summed E-state index contributed by atoms with van der Waals surface area (Å²) in [5.74, 6) is -2.14. The number of allylic oxidation sites excluding steroid dienone is 4. The van der Waals surface area contributed by atoms with E-state index in [4.69, 9.17) is 0 Å². The molecule has 2 heteroatoms. The molecule has 0 aromatic carbocycles. The summed E-state index contributed by atoms with van der Waals surface area (Å²) in [4.78, 5) is 0. The Kier molecular flexibility index (Phi) is 2.53. The molecule has 3 aliphatic carbocycles. The second-order valence-electron chi connectivity index (χ2n) is 6.66. The molecule has 1 atom stereocenters. The van der Waals surface area contributed by atoms with Crippen molar-refractivity contribution in [2.24, 2.45) is 11.3 Å². The van der Waals surface area contributed by atoms with Crippen LogP contribution in [0.25, 0.3) is 0 Å². The number of hydrogen-bond acceptors (Lipinski definition) is 0. The van der Waals surface area contributed by atoms with E-state index in [0.29, 0.717) is 30.8 Å². The number of rotatable bonds is 0. The van der Waals surface area contributed by atoms with Gasteiger partial charge in [0.2, 0.25) is 0 Å². The molecule has 0 aromatic heterocycles. The molecule has 18 heavy (non-hydrogen) atoms. The molecule has 1 spiro atoms. The van der Waals surface area contributed by atoms with Crippen LogP contribution in [0.2, 0.25) is 0 Å². The molecule has 3 rings (SSSR count). The van der Waals surface area contributed by atoms with Gasteiger partial charge in [-0.25, -0.2) is 8.78 Å². The van der Waals surface area contributed by atoms with Crippen LogP contribution in [0.3, 0.4) is 0 Å². The second kappa shape index (κ2) is 3.68. The maximum Gasteiger partial charge on any atom is 0.279 e. The molecular formula is C16H22F2. The van der Waals surface area contributed by atoms with Crippen molar-refractivity contribution in [2.45, 2.75) is 65.2 Å². The summed E-state index contributed by atoms with van der Waals surface area (Å²) in [6, 6.07) is 0. The van der Waals surface area contributed by atoms with E-state index >= 15 is 0 Å². The van der Waals surface area contributed by atoms with Crippen LogP contribution >= 0.6 is 0 Å². The van der Waals surface area contributed by atoms with E-state index in [1.54, 1.807) is 0 Å². The molecule has 0 heterocycles. The van der Waals surface area contributed by atoms with Crippen LogP contribution in [0.1, 0.15) is 59.3 Å². The van der Waals surface area contributed by atoms with Crippen LogP contribution in [0.4, 0.5) is 8.78 Å². The molecule has 2 saturated carbocycles. The Bertz CT molecular complexity index is 448. The molecule has 0 N–H and O–H groups in total. The van der Waals surface area contributed by atoms with Crippen LogP contribution in [-0.4, -0.2) is 5.92 Å². The first kappa shape index (κ1) is 12.4. The zero-order valence-electron chi connectivity index (χ0n) is 11.6. The van der Waals surface area contributed by atoms with Gasteiger partial charge in [0, 0.05) is 11.0 Å². The fraction of sp³-hybridized carbons (Fsp3) is 0.750. The lowest BCUT2D eigenvalue weighted by atomic mass is 9.80. The van der Waals surface area contributed by atoms with Gasteiger partial charge in [0.05, 0.1) is 0 Å². The van der Waals surface area contributed by atoms with Gasteiger partial charge in [0.25, 0.3) is 5.92 Å². The summed E-state index contributed by atoms with van der Waals surface area (Å²) in [6.45, 7) is 6.15. The Morgan fingerprint density at radius 1 is 1.11 bits per heavy atom. The molecular weight excluding hydrogens is 230 g/mol. The fourth-order valence-corrected chi connectivity index (χ4v) is 4.41. The smallest absolute Gasteiger partial charge is 0.201 e. The van der Waals surface area contributed by atoms with Crippen molar-refractivity contribution in [3.8, 4) is 0 Å². The monoisotopic (exact) mass is 252 g/mol. The van der Waals surface area contributed by atoms with Crippen LogP contribution in [-0.2, 0) is 0 Å². The standard InChI is InChI=1S/C16H22F2/c1-10-8-11(2)14-13(12(10)3)9-15(16(14,17)18)6-4-5-7-15/h10H,4-9H2,1-3H3. The molecule has 0 radical (unpaired) electrons. The van der Waals surface area contributed by atoms with Crippen molar-refractivity contribution in [1.82, 2.24) is 0 Å². The SMILES string of the molecule is CC1=C2C(=C(C)C(C)C1)CC1(CCCC1)C2(F)F. The maximum absolute atomic E-state index is 14.9. The zero-order chi connectivity index (χ0) is 13.1. The highest BCUT2D eigenvalue weighted by atomic mass is 19.3. The zero-order valence-corrected chi connectivity index (χ0v) is 11.6. The van der Waals surface area contributed by atoms with Crippen molar-refractivity contribution in [2.75, 3.05) is 0 Å². The van der Waals surface area contributed by atoms with Gasteiger partial charge < -0.3 is 0 Å². The summed E-state index contributed by atoms with van der Waals surface area (Å²) in [6.07, 6.45) is 4.82. The third-order valence-electron chi connectivity index (χ3n) is 5.61. The van der Waals surface area contributed by atoms with Crippen LogP contribution in [0.5, 0.6) is 0 Å². The van der Waals surface area contributed by atoms with Crippen molar-refractivity contribution in [3.05, 3.63) is 22.3 Å². The molecule has 2 fully saturated rings. The van der Waals surface area contributed by atoms with Crippen molar-refractivity contribution in [1.29, 1.82) is 0 Å². The van der Waals surface area contributed by atoms with E-state index in [0.717, 1.165) is 30.4 Å². The van der Waals surface area contributed by atoms with Gasteiger partial charge in [-0.1, -0.05) is 30.9 Å². The molecule has 0 saturated heterocycles. The lowest BCUT2D eigenvalue weighted by molar-refractivity contribution is -0.0676. The predicted molar refractivity (Wildman–Crippen MR) is 69.6 cm³/mol. The molecule has 0 nitrogen and oxygen atoms in total. The summed E-state index contributed by atoms with van der Waals surface area (Å²) in [5.41, 5.74) is 2.87. The lowest BCUT2D eigenvalue weighted by Crippen LogP contribution is -2.35. The molecule has 0 amide bonds. The minimum atomic E-state index is -2.58. The first-order chi connectivity index (χ1) is 8.39. The highest BCUT2D eigenvalue weighted by Crippen LogP contribution is 2.65. The van der Waals surface area contributed by atoms with E-state index < -0.39 is 11.3 Å². The van der Waals surface area contributed by atoms with E-state index in [2.05, 4.69) is 13.8 Å². The topological polar surface area (TPSA) is 0 Å². The number of hydrogen-bond donors (Lipinski definition) is 0. The Morgan fingerprint density at radius 2 is 1.72 bits per heavy atom. The van der Waals surface area contributed by atoms with E-state index in [1.165, 1.54) is 5.57 Å². The van der Waals surface area contributed by atoms with Gasteiger partial charge in [0.15, 0.2) is 0 Å². The summed E-state index contributed by atoms with van der Waals surface area (Å²) in [7, 11) is 0. The fourth-order valence-electron chi connectivity index (χ4n) is 4.41. The third kappa shape index (κ3) is 1.35. The molecule has 1 unspecified atom stereocenters. The Morgan fingerprint density at radius 3 is 2.33 bits per heavy atom. The van der Waals surface area contributed by atoms with E-state index in [-0.39, 0.29) is 0 Å². The average molecular weight is 252 g/mol. The highest BCUT2D eigenvalue weighted by molar-refractivity contribution is 5.53. The Balaban J connectivity index is 2.17. The largest absolute Gasteiger partial charge is 0.279 e. The predicted octanol–water partition coefficient (Wildman–Crippen LogP) is 5.26. The quantitative estimate of drug-likeness (QED) is 0.551. The summed E-state index contributed by atoms with van der Waals surface area (Å²) >= 11 is 0. The van der Waals surface area contributed by atoms with Gasteiger partial charge >= 0.3 is 0 Å². The highest BCUT2D eigenvalue weighted by Gasteiger charge is 2.63. The molecule has 3 aliphatic rings. The third-order valence-corrected chi connectivity index (χ3v) is 5.61. The van der Waals surface area contributed by atoms with Crippen LogP contribution in [0, 0.1) is 11.3 Å². The second-order valence-corrected chi connectivity index (χ2v) is 6.66. The minimum Gasteiger partial charge on any atom is -0.201 e. The van der Waals surface area contributed by atoms with E-state index in [9.17, 15) is 8.78 Å². The van der Waals surface area contributed by atoms with Gasteiger partial charge in [-0.2, -0.15) is 0 Å². The molecule has 0 aromatic rings. The minimum absolute atomic E-state index is 0.431. The lowest BCUT2D eigenvalue weighted by Gasteiger charge is -2.31. The molecule has 100 valence electrons. The van der Waals surface area contributed by atoms with Gasteiger partial charge in [-0.3, -0.25) is 0 Å².